The Kier molecular flexibility index (Phi) is 4.17. The predicted octanol–water partition coefficient (Wildman–Crippen LogP) is 3.58. The second-order valence-corrected chi connectivity index (χ2v) is 6.47. The van der Waals surface area contributed by atoms with Crippen molar-refractivity contribution in [2.45, 2.75) is 19.8 Å². The summed E-state index contributed by atoms with van der Waals surface area (Å²) in [7, 11) is 0. The number of nitrogens with zero attached hydrogens (tertiary/aromatic N) is 1. The van der Waals surface area contributed by atoms with Gasteiger partial charge in [-0.25, -0.2) is 0 Å². The van der Waals surface area contributed by atoms with Crippen molar-refractivity contribution in [3.05, 3.63) is 82.9 Å². The van der Waals surface area contributed by atoms with Crippen LogP contribution in [0.2, 0.25) is 0 Å². The first-order valence-electron chi connectivity index (χ1n) is 8.95. The Bertz CT molecular complexity index is 927. The normalized spacial score (nSPS) is 16.4. The SMILES string of the molecule is CCCCN1C(=O)C2=C(c3ccccc3)NC(=O)C2=C1c1ccccc1. The smallest absolute Gasteiger partial charge is 0.261 e. The van der Waals surface area contributed by atoms with E-state index < -0.39 is 0 Å². The Morgan fingerprint density at radius 2 is 1.46 bits per heavy atom. The zero-order valence-corrected chi connectivity index (χ0v) is 14.7. The molecule has 0 aromatic heterocycles. The van der Waals surface area contributed by atoms with Gasteiger partial charge in [-0.2, -0.15) is 0 Å². The molecule has 2 aromatic rings. The van der Waals surface area contributed by atoms with E-state index in [1.807, 2.05) is 60.7 Å². The molecule has 0 fully saturated rings. The summed E-state index contributed by atoms with van der Waals surface area (Å²) >= 11 is 0. The molecule has 1 N–H and O–H groups in total. The minimum absolute atomic E-state index is 0.0930. The largest absolute Gasteiger partial charge is 0.321 e. The maximum atomic E-state index is 13.2. The molecular formula is C22H20N2O2. The molecule has 0 unspecified atom stereocenters. The van der Waals surface area contributed by atoms with Gasteiger partial charge >= 0.3 is 0 Å². The molecule has 2 amide bonds. The average Bonchev–Trinajstić information content (AvgIpc) is 3.17. The summed E-state index contributed by atoms with van der Waals surface area (Å²) in [5.74, 6) is -0.297. The minimum atomic E-state index is -0.204. The van der Waals surface area contributed by atoms with E-state index in [1.54, 1.807) is 4.90 Å². The van der Waals surface area contributed by atoms with Crippen molar-refractivity contribution >= 4 is 23.2 Å². The van der Waals surface area contributed by atoms with Gasteiger partial charge in [0.25, 0.3) is 11.8 Å². The van der Waals surface area contributed by atoms with Crippen LogP contribution >= 0.6 is 0 Å². The third-order valence-corrected chi connectivity index (χ3v) is 4.78. The minimum Gasteiger partial charge on any atom is -0.321 e. The number of amides is 2. The van der Waals surface area contributed by atoms with E-state index in [1.165, 1.54) is 0 Å². The Labute approximate surface area is 152 Å². The van der Waals surface area contributed by atoms with Crippen LogP contribution in [0.25, 0.3) is 11.4 Å². The zero-order chi connectivity index (χ0) is 18.1. The lowest BCUT2D eigenvalue weighted by atomic mass is 10.0. The molecule has 4 rings (SSSR count). The second-order valence-electron chi connectivity index (χ2n) is 6.47. The first-order valence-corrected chi connectivity index (χ1v) is 8.95. The summed E-state index contributed by atoms with van der Waals surface area (Å²) in [6.45, 7) is 2.71. The summed E-state index contributed by atoms with van der Waals surface area (Å²) in [5, 5.41) is 2.91. The molecule has 2 aliphatic heterocycles. The summed E-state index contributed by atoms with van der Waals surface area (Å²) < 4.78 is 0. The van der Waals surface area contributed by atoms with Crippen LogP contribution in [0.4, 0.5) is 0 Å². The second kappa shape index (κ2) is 6.64. The fourth-order valence-corrected chi connectivity index (χ4v) is 3.54. The molecule has 0 saturated carbocycles. The Balaban J connectivity index is 1.92. The van der Waals surface area contributed by atoms with Crippen molar-refractivity contribution in [3.8, 4) is 0 Å². The number of benzene rings is 2. The molecule has 0 bridgehead atoms. The van der Waals surface area contributed by atoms with E-state index in [0.717, 1.165) is 29.7 Å². The molecule has 26 heavy (non-hydrogen) atoms. The van der Waals surface area contributed by atoms with Crippen LogP contribution in [-0.2, 0) is 9.59 Å². The van der Waals surface area contributed by atoms with E-state index in [2.05, 4.69) is 12.2 Å². The van der Waals surface area contributed by atoms with E-state index >= 15 is 0 Å². The number of carbonyl (C=O) groups excluding carboxylic acids is 2. The monoisotopic (exact) mass is 344 g/mol. The molecular weight excluding hydrogens is 324 g/mol. The number of rotatable bonds is 5. The van der Waals surface area contributed by atoms with Gasteiger partial charge in [0.2, 0.25) is 0 Å². The maximum absolute atomic E-state index is 13.2. The lowest BCUT2D eigenvalue weighted by Gasteiger charge is -2.21. The molecule has 0 radical (unpaired) electrons. The van der Waals surface area contributed by atoms with Crippen molar-refractivity contribution in [1.82, 2.24) is 10.2 Å². The number of hydrogen-bond acceptors (Lipinski definition) is 2. The molecule has 2 aliphatic rings. The predicted molar refractivity (Wildman–Crippen MR) is 101 cm³/mol. The maximum Gasteiger partial charge on any atom is 0.261 e. The standard InChI is InChI=1S/C22H20N2O2/c1-2-3-14-24-20(16-12-8-5-9-13-16)18-17(22(24)26)19(23-21(18)25)15-10-6-4-7-11-15/h4-13H,2-3,14H2,1H3,(H,23,25). The van der Waals surface area contributed by atoms with Crippen LogP contribution in [-0.4, -0.2) is 23.3 Å². The summed E-state index contributed by atoms with van der Waals surface area (Å²) in [5.41, 5.74) is 4.08. The molecule has 4 heteroatoms. The molecule has 0 aliphatic carbocycles. The third kappa shape index (κ3) is 2.54. The lowest BCUT2D eigenvalue weighted by molar-refractivity contribution is -0.123. The van der Waals surface area contributed by atoms with E-state index in [0.29, 0.717) is 23.4 Å². The Morgan fingerprint density at radius 3 is 2.08 bits per heavy atom. The fourth-order valence-electron chi connectivity index (χ4n) is 3.54. The zero-order valence-electron chi connectivity index (χ0n) is 14.7. The molecule has 4 nitrogen and oxygen atoms in total. The van der Waals surface area contributed by atoms with Crippen molar-refractivity contribution in [3.63, 3.8) is 0 Å². The van der Waals surface area contributed by atoms with Crippen molar-refractivity contribution in [2.24, 2.45) is 0 Å². The van der Waals surface area contributed by atoms with Gasteiger partial charge in [-0.3, -0.25) is 9.59 Å². The quantitative estimate of drug-likeness (QED) is 0.901. The molecule has 130 valence electrons. The highest BCUT2D eigenvalue weighted by atomic mass is 16.2. The summed E-state index contributed by atoms with van der Waals surface area (Å²) in [6.07, 6.45) is 1.88. The van der Waals surface area contributed by atoms with Crippen molar-refractivity contribution < 1.29 is 9.59 Å². The molecule has 2 aromatic carbocycles. The topological polar surface area (TPSA) is 49.4 Å². The van der Waals surface area contributed by atoms with Gasteiger partial charge in [0.15, 0.2) is 0 Å². The van der Waals surface area contributed by atoms with Crippen LogP contribution in [0, 0.1) is 0 Å². The molecule has 2 heterocycles. The van der Waals surface area contributed by atoms with E-state index in [4.69, 9.17) is 0 Å². The molecule has 0 atom stereocenters. The number of nitrogens with one attached hydrogen (secondary N) is 1. The first kappa shape index (κ1) is 16.3. The van der Waals surface area contributed by atoms with Gasteiger partial charge in [-0.1, -0.05) is 74.0 Å². The number of carbonyl (C=O) groups is 2. The van der Waals surface area contributed by atoms with Gasteiger partial charge in [0.05, 0.1) is 22.5 Å². The van der Waals surface area contributed by atoms with Crippen LogP contribution < -0.4 is 5.32 Å². The third-order valence-electron chi connectivity index (χ3n) is 4.78. The van der Waals surface area contributed by atoms with Crippen LogP contribution in [0.15, 0.2) is 71.8 Å². The van der Waals surface area contributed by atoms with E-state index in [9.17, 15) is 9.59 Å². The summed E-state index contributed by atoms with van der Waals surface area (Å²) in [4.78, 5) is 27.8. The highest BCUT2D eigenvalue weighted by molar-refractivity contribution is 6.30. The van der Waals surface area contributed by atoms with Gasteiger partial charge in [-0.15, -0.1) is 0 Å². The average molecular weight is 344 g/mol. The van der Waals surface area contributed by atoms with Gasteiger partial charge < -0.3 is 10.2 Å². The highest BCUT2D eigenvalue weighted by Crippen LogP contribution is 2.42. The fraction of sp³-hybridized carbons (Fsp3) is 0.182. The van der Waals surface area contributed by atoms with Crippen molar-refractivity contribution in [1.29, 1.82) is 0 Å². The van der Waals surface area contributed by atoms with Crippen LogP contribution in [0.5, 0.6) is 0 Å². The highest BCUT2D eigenvalue weighted by Gasteiger charge is 2.44. The van der Waals surface area contributed by atoms with Gasteiger partial charge in [-0.05, 0) is 17.5 Å². The van der Waals surface area contributed by atoms with Crippen LogP contribution in [0.1, 0.15) is 30.9 Å². The van der Waals surface area contributed by atoms with E-state index in [-0.39, 0.29) is 11.8 Å². The van der Waals surface area contributed by atoms with Crippen LogP contribution in [0.3, 0.4) is 0 Å². The van der Waals surface area contributed by atoms with Crippen molar-refractivity contribution in [2.75, 3.05) is 6.54 Å². The first-order chi connectivity index (χ1) is 12.7. The lowest BCUT2D eigenvalue weighted by Crippen LogP contribution is -2.28. The number of unbranched alkanes of at least 4 members (excludes halogenated alkanes) is 1. The number of hydrogen-bond donors (Lipinski definition) is 1. The summed E-state index contributed by atoms with van der Waals surface area (Å²) in [6, 6.07) is 19.2. The molecule has 0 spiro atoms. The Hall–Kier alpha value is -3.14. The number of fused-ring (bicyclic) bond motifs is 1. The van der Waals surface area contributed by atoms with Gasteiger partial charge in [0, 0.05) is 6.54 Å². The molecule has 0 saturated heterocycles. The van der Waals surface area contributed by atoms with Gasteiger partial charge in [0.1, 0.15) is 0 Å². The Morgan fingerprint density at radius 1 is 0.846 bits per heavy atom.